The highest BCUT2D eigenvalue weighted by Gasteiger charge is 2.24. The Balaban J connectivity index is 1.56. The van der Waals surface area contributed by atoms with Gasteiger partial charge in [-0.25, -0.2) is 9.78 Å². The van der Waals surface area contributed by atoms with E-state index < -0.39 is 0 Å². The molecule has 3 heterocycles. The zero-order chi connectivity index (χ0) is 18.1. The highest BCUT2D eigenvalue weighted by atomic mass is 79.9. The van der Waals surface area contributed by atoms with Gasteiger partial charge in [-0.1, -0.05) is 33.6 Å². The molecule has 2 aromatic heterocycles. The number of pyridine rings is 1. The van der Waals surface area contributed by atoms with E-state index in [-0.39, 0.29) is 6.03 Å². The summed E-state index contributed by atoms with van der Waals surface area (Å²) < 4.78 is 1.02. The Hall–Kier alpha value is -2.45. The van der Waals surface area contributed by atoms with Crippen LogP contribution in [0.15, 0.2) is 47.3 Å². The zero-order valence-corrected chi connectivity index (χ0v) is 15.9. The summed E-state index contributed by atoms with van der Waals surface area (Å²) in [7, 11) is 0. The van der Waals surface area contributed by atoms with Crippen LogP contribution in [0, 0.1) is 0 Å². The molecule has 1 N–H and O–H groups in total. The van der Waals surface area contributed by atoms with Crippen molar-refractivity contribution >= 4 is 44.9 Å². The highest BCUT2D eigenvalue weighted by Crippen LogP contribution is 2.33. The minimum Gasteiger partial charge on any atom is -0.306 e. The van der Waals surface area contributed by atoms with Crippen LogP contribution in [0.2, 0.25) is 5.02 Å². The average Bonchev–Trinajstić information content (AvgIpc) is 3.16. The molecule has 3 aromatic rings. The summed E-state index contributed by atoms with van der Waals surface area (Å²) in [4.78, 5) is 20.1. The number of anilines is 2. The van der Waals surface area contributed by atoms with Gasteiger partial charge < -0.3 is 5.32 Å². The number of hydrogen-bond donors (Lipinski definition) is 1. The van der Waals surface area contributed by atoms with Gasteiger partial charge in [-0.05, 0) is 36.6 Å². The number of urea groups is 1. The summed E-state index contributed by atoms with van der Waals surface area (Å²) in [6.45, 7) is 0.658. The summed E-state index contributed by atoms with van der Waals surface area (Å²) >= 11 is 9.82. The van der Waals surface area contributed by atoms with E-state index in [9.17, 15) is 4.79 Å². The number of amides is 2. The number of benzene rings is 1. The van der Waals surface area contributed by atoms with Crippen LogP contribution in [0.5, 0.6) is 0 Å². The Morgan fingerprint density at radius 2 is 2.08 bits per heavy atom. The van der Waals surface area contributed by atoms with Crippen molar-refractivity contribution in [1.82, 2.24) is 20.0 Å². The quantitative estimate of drug-likeness (QED) is 0.661. The maximum atomic E-state index is 12.8. The molecule has 0 bridgehead atoms. The number of fused-ring (bicyclic) bond motifs is 1. The van der Waals surface area contributed by atoms with Gasteiger partial charge in [-0.2, -0.15) is 10.2 Å². The highest BCUT2D eigenvalue weighted by molar-refractivity contribution is 9.10. The SMILES string of the molecule is O=C(Nc1cnc(-n2nccn2)c(Cl)c1)N1CCCc2c(Br)cccc21. The Morgan fingerprint density at radius 1 is 1.27 bits per heavy atom. The van der Waals surface area contributed by atoms with Crippen molar-refractivity contribution in [3.05, 3.63) is 57.9 Å². The molecule has 132 valence electrons. The van der Waals surface area contributed by atoms with E-state index in [0.29, 0.717) is 23.1 Å². The molecule has 2 amide bonds. The fourth-order valence-corrected chi connectivity index (χ4v) is 3.75. The number of rotatable bonds is 2. The van der Waals surface area contributed by atoms with E-state index in [1.807, 2.05) is 18.2 Å². The first-order chi connectivity index (χ1) is 12.6. The molecule has 0 saturated heterocycles. The maximum Gasteiger partial charge on any atom is 0.326 e. The number of aromatic nitrogens is 4. The molecule has 9 heteroatoms. The summed E-state index contributed by atoms with van der Waals surface area (Å²) in [6, 6.07) is 7.30. The van der Waals surface area contributed by atoms with E-state index in [1.165, 1.54) is 11.0 Å². The molecule has 0 aliphatic carbocycles. The van der Waals surface area contributed by atoms with Gasteiger partial charge in [-0.3, -0.25) is 4.90 Å². The Labute approximate surface area is 163 Å². The van der Waals surface area contributed by atoms with Crippen LogP contribution in [0.4, 0.5) is 16.2 Å². The molecule has 0 unspecified atom stereocenters. The van der Waals surface area contributed by atoms with Crippen molar-refractivity contribution in [3.63, 3.8) is 0 Å². The van der Waals surface area contributed by atoms with Gasteiger partial charge in [0.2, 0.25) is 0 Å². The lowest BCUT2D eigenvalue weighted by atomic mass is 10.0. The van der Waals surface area contributed by atoms with Crippen molar-refractivity contribution in [3.8, 4) is 5.82 Å². The predicted octanol–water partition coefficient (Wildman–Crippen LogP) is 4.06. The molecular weight excluding hydrogens is 420 g/mol. The molecule has 0 atom stereocenters. The third kappa shape index (κ3) is 3.17. The van der Waals surface area contributed by atoms with E-state index in [0.717, 1.165) is 28.6 Å². The van der Waals surface area contributed by atoms with E-state index >= 15 is 0 Å². The Morgan fingerprint density at radius 3 is 2.85 bits per heavy atom. The second-order valence-corrected chi connectivity index (χ2v) is 7.03. The van der Waals surface area contributed by atoms with Gasteiger partial charge in [0.1, 0.15) is 0 Å². The summed E-state index contributed by atoms with van der Waals surface area (Å²) in [5.74, 6) is 0.405. The summed E-state index contributed by atoms with van der Waals surface area (Å²) in [5.41, 5.74) is 2.57. The van der Waals surface area contributed by atoms with Gasteiger partial charge in [-0.15, -0.1) is 4.80 Å². The molecule has 0 spiro atoms. The maximum absolute atomic E-state index is 12.8. The molecule has 26 heavy (non-hydrogen) atoms. The molecule has 0 radical (unpaired) electrons. The van der Waals surface area contributed by atoms with E-state index in [1.54, 1.807) is 23.4 Å². The fraction of sp³-hybridized carbons (Fsp3) is 0.176. The number of carbonyl (C=O) groups excluding carboxylic acids is 1. The number of hydrogen-bond acceptors (Lipinski definition) is 4. The van der Waals surface area contributed by atoms with Crippen LogP contribution in [0.25, 0.3) is 5.82 Å². The van der Waals surface area contributed by atoms with Crippen LogP contribution in [0.1, 0.15) is 12.0 Å². The molecule has 1 aliphatic rings. The minimum atomic E-state index is -0.216. The molecule has 1 aliphatic heterocycles. The number of carbonyl (C=O) groups is 1. The second-order valence-electron chi connectivity index (χ2n) is 5.77. The van der Waals surface area contributed by atoms with E-state index in [4.69, 9.17) is 11.6 Å². The van der Waals surface area contributed by atoms with Crippen molar-refractivity contribution in [2.45, 2.75) is 12.8 Å². The Bertz CT molecular complexity index is 962. The first-order valence-corrected chi connectivity index (χ1v) is 9.19. The average molecular weight is 434 g/mol. The molecule has 0 saturated carbocycles. The summed E-state index contributed by atoms with van der Waals surface area (Å²) in [6.07, 6.45) is 6.47. The molecule has 4 rings (SSSR count). The fourth-order valence-electron chi connectivity index (χ4n) is 2.96. The predicted molar refractivity (Wildman–Crippen MR) is 103 cm³/mol. The topological polar surface area (TPSA) is 75.9 Å². The number of halogens is 2. The standard InChI is InChI=1S/C17H14BrClN6O/c18-13-4-1-5-15-12(13)3-2-8-24(15)17(26)23-11-9-14(19)16(20-10-11)25-21-6-7-22-25/h1,4-7,9-10H,2-3,8H2,(H,23,26). The van der Waals surface area contributed by atoms with Crippen LogP contribution in [-0.4, -0.2) is 32.6 Å². The molecule has 1 aromatic carbocycles. The number of nitrogens with one attached hydrogen (secondary N) is 1. The first kappa shape index (κ1) is 17.0. The lowest BCUT2D eigenvalue weighted by molar-refractivity contribution is 0.256. The normalized spacial score (nSPS) is 13.4. The van der Waals surface area contributed by atoms with Crippen LogP contribution in [-0.2, 0) is 6.42 Å². The van der Waals surface area contributed by atoms with Crippen molar-refractivity contribution in [2.75, 3.05) is 16.8 Å². The van der Waals surface area contributed by atoms with Crippen molar-refractivity contribution in [1.29, 1.82) is 0 Å². The molecule has 0 fully saturated rings. The lowest BCUT2D eigenvalue weighted by Gasteiger charge is -2.30. The van der Waals surface area contributed by atoms with Crippen LogP contribution >= 0.6 is 27.5 Å². The molecule has 7 nitrogen and oxygen atoms in total. The Kier molecular flexibility index (Phi) is 4.60. The van der Waals surface area contributed by atoms with Crippen molar-refractivity contribution in [2.24, 2.45) is 0 Å². The monoisotopic (exact) mass is 432 g/mol. The van der Waals surface area contributed by atoms with Gasteiger partial charge >= 0.3 is 6.03 Å². The van der Waals surface area contributed by atoms with Crippen LogP contribution < -0.4 is 10.2 Å². The van der Waals surface area contributed by atoms with E-state index in [2.05, 4.69) is 36.4 Å². The largest absolute Gasteiger partial charge is 0.326 e. The third-order valence-corrected chi connectivity index (χ3v) is 5.14. The first-order valence-electron chi connectivity index (χ1n) is 8.01. The number of nitrogens with zero attached hydrogens (tertiary/aromatic N) is 5. The second kappa shape index (κ2) is 7.05. The smallest absolute Gasteiger partial charge is 0.306 e. The minimum absolute atomic E-state index is 0.216. The van der Waals surface area contributed by atoms with Crippen LogP contribution in [0.3, 0.4) is 0 Å². The lowest BCUT2D eigenvalue weighted by Crippen LogP contribution is -2.38. The molecular formula is C17H14BrClN6O. The van der Waals surface area contributed by atoms with Gasteiger partial charge in [0, 0.05) is 16.7 Å². The summed E-state index contributed by atoms with van der Waals surface area (Å²) in [5, 5.41) is 11.2. The van der Waals surface area contributed by atoms with Gasteiger partial charge in [0.05, 0.1) is 29.3 Å². The zero-order valence-electron chi connectivity index (χ0n) is 13.6. The van der Waals surface area contributed by atoms with Crippen molar-refractivity contribution < 1.29 is 4.79 Å². The van der Waals surface area contributed by atoms with Gasteiger partial charge in [0.25, 0.3) is 0 Å². The van der Waals surface area contributed by atoms with Gasteiger partial charge in [0.15, 0.2) is 5.82 Å². The third-order valence-electron chi connectivity index (χ3n) is 4.12.